The number of rotatable bonds is 2. The van der Waals surface area contributed by atoms with Gasteiger partial charge in [0.2, 0.25) is 0 Å². The van der Waals surface area contributed by atoms with Gasteiger partial charge in [-0.15, -0.1) is 0 Å². The molecular weight excluding hydrogens is 158 g/mol. The van der Waals surface area contributed by atoms with Crippen molar-refractivity contribution in [2.75, 3.05) is 0 Å². The van der Waals surface area contributed by atoms with Gasteiger partial charge in [0.05, 0.1) is 12.5 Å². The average Bonchev–Trinajstić information content (AvgIpc) is 2.16. The van der Waals surface area contributed by atoms with Crippen LogP contribution in [0.15, 0.2) is 30.3 Å². The van der Waals surface area contributed by atoms with Crippen LogP contribution < -0.4 is 0 Å². The molecule has 0 saturated heterocycles. The number of allylic oxidation sites excluding steroid dienone is 2. The molecule has 66 valence electrons. The summed E-state index contributed by atoms with van der Waals surface area (Å²) in [5, 5.41) is 8.63. The second-order valence-electron chi connectivity index (χ2n) is 2.96. The molecule has 1 heteroatoms. The highest BCUT2D eigenvalue weighted by molar-refractivity contribution is 5.69. The number of nitrogens with zero attached hydrogens (tertiary/aromatic N) is 1. The Balaban J connectivity index is 3.07. The minimum atomic E-state index is 0.487. The van der Waals surface area contributed by atoms with E-state index in [-0.39, 0.29) is 0 Å². The highest BCUT2D eigenvalue weighted by atomic mass is 14.2. The van der Waals surface area contributed by atoms with Crippen LogP contribution in [0.3, 0.4) is 0 Å². The Hall–Kier alpha value is -1.55. The molecule has 0 fully saturated rings. The van der Waals surface area contributed by atoms with Crippen molar-refractivity contribution in [3.05, 3.63) is 41.5 Å². The van der Waals surface area contributed by atoms with Gasteiger partial charge in [-0.1, -0.05) is 30.3 Å². The van der Waals surface area contributed by atoms with Crippen molar-refractivity contribution in [2.45, 2.75) is 20.3 Å². The predicted molar refractivity (Wildman–Crippen MR) is 55.1 cm³/mol. The zero-order valence-electron chi connectivity index (χ0n) is 8.04. The van der Waals surface area contributed by atoms with Crippen molar-refractivity contribution in [3.8, 4) is 6.07 Å². The molecule has 0 atom stereocenters. The molecule has 0 aliphatic rings. The number of aryl methyl sites for hydroxylation is 1. The number of nitriles is 1. The van der Waals surface area contributed by atoms with Crippen molar-refractivity contribution in [1.82, 2.24) is 0 Å². The lowest BCUT2D eigenvalue weighted by Crippen LogP contribution is -1.87. The smallest absolute Gasteiger partial charge is 0.0669 e. The quantitative estimate of drug-likeness (QED) is 0.669. The first-order valence-corrected chi connectivity index (χ1v) is 4.37. The zero-order valence-corrected chi connectivity index (χ0v) is 8.04. The normalized spacial score (nSPS) is 11.0. The van der Waals surface area contributed by atoms with Gasteiger partial charge in [0.15, 0.2) is 0 Å². The van der Waals surface area contributed by atoms with Crippen LogP contribution in [0.25, 0.3) is 5.57 Å². The lowest BCUT2D eigenvalue weighted by atomic mass is 9.99. The van der Waals surface area contributed by atoms with Gasteiger partial charge in [0.1, 0.15) is 0 Å². The minimum Gasteiger partial charge on any atom is -0.198 e. The number of hydrogen-bond donors (Lipinski definition) is 0. The highest BCUT2D eigenvalue weighted by Crippen LogP contribution is 2.20. The Morgan fingerprint density at radius 3 is 2.69 bits per heavy atom. The van der Waals surface area contributed by atoms with Crippen LogP contribution in [0, 0.1) is 18.3 Å². The summed E-state index contributed by atoms with van der Waals surface area (Å²) in [5.41, 5.74) is 3.53. The maximum Gasteiger partial charge on any atom is 0.0669 e. The van der Waals surface area contributed by atoms with E-state index in [1.807, 2.05) is 25.1 Å². The van der Waals surface area contributed by atoms with Crippen LogP contribution in [0.5, 0.6) is 0 Å². The molecule has 0 amide bonds. The summed E-state index contributed by atoms with van der Waals surface area (Å²) in [6.45, 7) is 4.04. The summed E-state index contributed by atoms with van der Waals surface area (Å²) in [4.78, 5) is 0. The summed E-state index contributed by atoms with van der Waals surface area (Å²) in [6, 6.07) is 10.3. The molecule has 1 aromatic rings. The Kier molecular flexibility index (Phi) is 3.28. The topological polar surface area (TPSA) is 23.8 Å². The molecule has 0 N–H and O–H groups in total. The summed E-state index contributed by atoms with van der Waals surface area (Å²) < 4.78 is 0. The maximum absolute atomic E-state index is 8.63. The Morgan fingerprint density at radius 2 is 2.15 bits per heavy atom. The van der Waals surface area contributed by atoms with Crippen molar-refractivity contribution < 1.29 is 0 Å². The van der Waals surface area contributed by atoms with E-state index in [2.05, 4.69) is 25.1 Å². The summed E-state index contributed by atoms with van der Waals surface area (Å²) in [6.07, 6.45) is 2.49. The van der Waals surface area contributed by atoms with Gasteiger partial charge in [0, 0.05) is 0 Å². The standard InChI is InChI=1S/C12H13N/c1-3-11(8-9-13)12-7-5-4-6-10(12)2/h3-7H,8H2,1-2H3/b11-3-. The van der Waals surface area contributed by atoms with E-state index in [0.717, 1.165) is 5.57 Å². The molecule has 0 spiro atoms. The summed E-state index contributed by atoms with van der Waals surface area (Å²) in [5.74, 6) is 0. The fourth-order valence-electron chi connectivity index (χ4n) is 1.37. The van der Waals surface area contributed by atoms with Gasteiger partial charge in [-0.2, -0.15) is 5.26 Å². The van der Waals surface area contributed by atoms with E-state index in [0.29, 0.717) is 6.42 Å². The third kappa shape index (κ3) is 2.19. The Morgan fingerprint density at radius 1 is 1.46 bits per heavy atom. The number of hydrogen-bond acceptors (Lipinski definition) is 1. The predicted octanol–water partition coefficient (Wildman–Crippen LogP) is 3.31. The van der Waals surface area contributed by atoms with Crippen molar-refractivity contribution in [1.29, 1.82) is 5.26 Å². The monoisotopic (exact) mass is 171 g/mol. The molecule has 0 bridgehead atoms. The molecule has 1 rings (SSSR count). The van der Waals surface area contributed by atoms with E-state index in [9.17, 15) is 0 Å². The Bertz CT molecular complexity index is 356. The van der Waals surface area contributed by atoms with E-state index >= 15 is 0 Å². The zero-order chi connectivity index (χ0) is 9.68. The lowest BCUT2D eigenvalue weighted by Gasteiger charge is -2.05. The summed E-state index contributed by atoms with van der Waals surface area (Å²) in [7, 11) is 0. The largest absolute Gasteiger partial charge is 0.198 e. The van der Waals surface area contributed by atoms with E-state index in [4.69, 9.17) is 5.26 Å². The van der Waals surface area contributed by atoms with Gasteiger partial charge >= 0.3 is 0 Å². The third-order valence-electron chi connectivity index (χ3n) is 2.11. The first-order chi connectivity index (χ1) is 6.29. The first-order valence-electron chi connectivity index (χ1n) is 4.37. The highest BCUT2D eigenvalue weighted by Gasteiger charge is 2.01. The molecule has 0 aromatic heterocycles. The average molecular weight is 171 g/mol. The van der Waals surface area contributed by atoms with Gasteiger partial charge in [-0.25, -0.2) is 0 Å². The van der Waals surface area contributed by atoms with E-state index < -0.39 is 0 Å². The molecule has 0 aliphatic carbocycles. The molecule has 0 aliphatic heterocycles. The minimum absolute atomic E-state index is 0.487. The van der Waals surface area contributed by atoms with Gasteiger partial charge < -0.3 is 0 Å². The maximum atomic E-state index is 8.63. The van der Waals surface area contributed by atoms with Crippen LogP contribution >= 0.6 is 0 Å². The molecule has 1 nitrogen and oxygen atoms in total. The van der Waals surface area contributed by atoms with Crippen LogP contribution in [0.4, 0.5) is 0 Å². The SMILES string of the molecule is C/C=C(/CC#N)c1ccccc1C. The lowest BCUT2D eigenvalue weighted by molar-refractivity contribution is 1.32. The fourth-order valence-corrected chi connectivity index (χ4v) is 1.37. The second-order valence-corrected chi connectivity index (χ2v) is 2.96. The summed E-state index contributed by atoms with van der Waals surface area (Å²) >= 11 is 0. The molecule has 0 saturated carbocycles. The third-order valence-corrected chi connectivity index (χ3v) is 2.11. The van der Waals surface area contributed by atoms with Crippen molar-refractivity contribution in [3.63, 3.8) is 0 Å². The first kappa shape index (κ1) is 9.54. The van der Waals surface area contributed by atoms with E-state index in [1.165, 1.54) is 11.1 Å². The van der Waals surface area contributed by atoms with Crippen molar-refractivity contribution >= 4 is 5.57 Å². The van der Waals surface area contributed by atoms with Gasteiger partial charge in [0.25, 0.3) is 0 Å². The molecule has 13 heavy (non-hydrogen) atoms. The molecule has 1 aromatic carbocycles. The fraction of sp³-hybridized carbons (Fsp3) is 0.250. The molecule has 0 heterocycles. The van der Waals surface area contributed by atoms with Gasteiger partial charge in [-0.3, -0.25) is 0 Å². The van der Waals surface area contributed by atoms with Crippen LogP contribution in [-0.2, 0) is 0 Å². The Labute approximate surface area is 79.3 Å². The second kappa shape index (κ2) is 4.47. The molecule has 0 radical (unpaired) electrons. The van der Waals surface area contributed by atoms with Crippen LogP contribution in [0.1, 0.15) is 24.5 Å². The van der Waals surface area contributed by atoms with Gasteiger partial charge in [-0.05, 0) is 30.5 Å². The molecular formula is C12H13N. The van der Waals surface area contributed by atoms with Crippen LogP contribution in [-0.4, -0.2) is 0 Å². The van der Waals surface area contributed by atoms with Crippen molar-refractivity contribution in [2.24, 2.45) is 0 Å². The number of benzene rings is 1. The van der Waals surface area contributed by atoms with Crippen LogP contribution in [0.2, 0.25) is 0 Å². The molecule has 0 unspecified atom stereocenters. The van der Waals surface area contributed by atoms with E-state index in [1.54, 1.807) is 0 Å².